The molecule has 1 aliphatic heterocycles. The summed E-state index contributed by atoms with van der Waals surface area (Å²) in [5.74, 6) is -0.175. The molecule has 2 aromatic heterocycles. The van der Waals surface area contributed by atoms with Crippen LogP contribution in [0.1, 0.15) is 24.5 Å². The van der Waals surface area contributed by atoms with E-state index in [4.69, 9.17) is 16.3 Å². The van der Waals surface area contributed by atoms with E-state index < -0.39 is 5.43 Å². The number of ether oxygens (including phenoxy) is 1. The number of aromatic hydroxyl groups is 1. The Labute approximate surface area is 149 Å². The van der Waals surface area contributed by atoms with Crippen LogP contribution in [0.3, 0.4) is 0 Å². The van der Waals surface area contributed by atoms with Crippen LogP contribution < -0.4 is 5.43 Å². The summed E-state index contributed by atoms with van der Waals surface area (Å²) < 4.78 is 7.05. The van der Waals surface area contributed by atoms with Gasteiger partial charge in [0.2, 0.25) is 5.43 Å². The molecule has 0 atom stereocenters. The smallest absolute Gasteiger partial charge is 0.235 e. The summed E-state index contributed by atoms with van der Waals surface area (Å²) in [7, 11) is 1.79. The topological polar surface area (TPSA) is 80.1 Å². The van der Waals surface area contributed by atoms with Gasteiger partial charge in [-0.3, -0.25) is 9.48 Å². The molecule has 0 aliphatic carbocycles. The lowest BCUT2D eigenvalue weighted by molar-refractivity contribution is 0.0846. The number of H-pyrrole nitrogens is 1. The molecule has 130 valence electrons. The zero-order valence-corrected chi connectivity index (χ0v) is 14.5. The summed E-state index contributed by atoms with van der Waals surface area (Å²) in [4.78, 5) is 16.1. The number of hydrogen-bond acceptors (Lipinski definition) is 4. The standard InChI is InChI=1S/C18H18ClN3O3/c1-22-18-13(14(21-22)10-6-8-25-9-7-10)16(23)17(24)15(20-18)11-4-2-3-5-12(11)19/h2-5,10,24H,6-9H2,1H3,(H,20,23). The Bertz CT molecular complexity index is 1000. The van der Waals surface area contributed by atoms with Gasteiger partial charge < -0.3 is 14.8 Å². The van der Waals surface area contributed by atoms with Crippen LogP contribution in [0, 0.1) is 0 Å². The highest BCUT2D eigenvalue weighted by atomic mass is 35.5. The summed E-state index contributed by atoms with van der Waals surface area (Å²) in [6, 6.07) is 7.08. The lowest BCUT2D eigenvalue weighted by Crippen LogP contribution is -2.16. The molecule has 6 nitrogen and oxygen atoms in total. The van der Waals surface area contributed by atoms with Gasteiger partial charge in [-0.1, -0.05) is 29.8 Å². The Morgan fingerprint density at radius 3 is 2.76 bits per heavy atom. The van der Waals surface area contributed by atoms with Crippen LogP contribution in [0.25, 0.3) is 22.3 Å². The third kappa shape index (κ3) is 2.62. The second-order valence-electron chi connectivity index (χ2n) is 6.28. The van der Waals surface area contributed by atoms with Crippen molar-refractivity contribution in [2.45, 2.75) is 18.8 Å². The van der Waals surface area contributed by atoms with Gasteiger partial charge >= 0.3 is 0 Å². The molecule has 4 rings (SSSR count). The zero-order valence-electron chi connectivity index (χ0n) is 13.8. The first kappa shape index (κ1) is 16.2. The van der Waals surface area contributed by atoms with E-state index in [-0.39, 0.29) is 11.7 Å². The molecule has 3 heterocycles. The van der Waals surface area contributed by atoms with Crippen molar-refractivity contribution >= 4 is 22.6 Å². The number of rotatable bonds is 2. The van der Waals surface area contributed by atoms with Gasteiger partial charge in [-0.2, -0.15) is 5.10 Å². The Hall–Kier alpha value is -2.31. The maximum Gasteiger partial charge on any atom is 0.235 e. The van der Waals surface area contributed by atoms with E-state index in [0.29, 0.717) is 40.5 Å². The molecule has 0 unspecified atom stereocenters. The van der Waals surface area contributed by atoms with Crippen molar-refractivity contribution < 1.29 is 9.84 Å². The fourth-order valence-corrected chi connectivity index (χ4v) is 3.67. The van der Waals surface area contributed by atoms with Crippen molar-refractivity contribution in [2.75, 3.05) is 13.2 Å². The first-order valence-corrected chi connectivity index (χ1v) is 8.60. The number of benzene rings is 1. The monoisotopic (exact) mass is 359 g/mol. The number of fused-ring (bicyclic) bond motifs is 1. The largest absolute Gasteiger partial charge is 0.503 e. The second kappa shape index (κ2) is 6.20. The van der Waals surface area contributed by atoms with E-state index in [2.05, 4.69) is 10.1 Å². The van der Waals surface area contributed by atoms with Crippen molar-refractivity contribution in [3.8, 4) is 17.0 Å². The van der Waals surface area contributed by atoms with Crippen molar-refractivity contribution in [3.63, 3.8) is 0 Å². The van der Waals surface area contributed by atoms with Gasteiger partial charge in [0.25, 0.3) is 0 Å². The molecule has 0 saturated carbocycles. The van der Waals surface area contributed by atoms with Crippen molar-refractivity contribution in [2.24, 2.45) is 7.05 Å². The molecule has 7 heteroatoms. The molecule has 1 saturated heterocycles. The van der Waals surface area contributed by atoms with E-state index >= 15 is 0 Å². The molecule has 0 spiro atoms. The maximum atomic E-state index is 12.9. The number of nitrogens with one attached hydrogen (secondary N) is 1. The Morgan fingerprint density at radius 2 is 2.04 bits per heavy atom. The van der Waals surface area contributed by atoms with Crippen LogP contribution in [-0.4, -0.2) is 33.1 Å². The van der Waals surface area contributed by atoms with Crippen LogP contribution in [0.4, 0.5) is 0 Å². The Balaban J connectivity index is 1.96. The average Bonchev–Trinajstić information content (AvgIpc) is 2.96. The number of aryl methyl sites for hydroxylation is 1. The van der Waals surface area contributed by atoms with Gasteiger partial charge in [0.05, 0.1) is 21.8 Å². The highest BCUT2D eigenvalue weighted by Gasteiger charge is 2.26. The summed E-state index contributed by atoms with van der Waals surface area (Å²) in [6.07, 6.45) is 1.64. The molecule has 1 aromatic carbocycles. The average molecular weight is 360 g/mol. The summed E-state index contributed by atoms with van der Waals surface area (Å²) in [5, 5.41) is 16.0. The van der Waals surface area contributed by atoms with Crippen molar-refractivity contribution in [1.82, 2.24) is 14.8 Å². The van der Waals surface area contributed by atoms with E-state index in [9.17, 15) is 9.90 Å². The fraction of sp³-hybridized carbons (Fsp3) is 0.333. The molecule has 0 bridgehead atoms. The molecule has 2 N–H and O–H groups in total. The Morgan fingerprint density at radius 1 is 1.32 bits per heavy atom. The van der Waals surface area contributed by atoms with E-state index in [1.807, 2.05) is 0 Å². The van der Waals surface area contributed by atoms with Crippen LogP contribution in [0.15, 0.2) is 29.1 Å². The lowest BCUT2D eigenvalue weighted by atomic mass is 9.94. The maximum absolute atomic E-state index is 12.9. The molecule has 1 aliphatic rings. The quantitative estimate of drug-likeness (QED) is 0.736. The number of aromatic amines is 1. The minimum atomic E-state index is -0.418. The molecular formula is C18H18ClN3O3. The van der Waals surface area contributed by atoms with E-state index in [1.54, 1.807) is 36.0 Å². The Kier molecular flexibility index (Phi) is 4.01. The lowest BCUT2D eigenvalue weighted by Gasteiger charge is -2.20. The van der Waals surface area contributed by atoms with Gasteiger partial charge in [0.1, 0.15) is 5.65 Å². The summed E-state index contributed by atoms with van der Waals surface area (Å²) in [5.41, 5.74) is 1.78. The van der Waals surface area contributed by atoms with Crippen molar-refractivity contribution in [1.29, 1.82) is 0 Å². The zero-order chi connectivity index (χ0) is 17.6. The van der Waals surface area contributed by atoms with Gasteiger partial charge in [-0.15, -0.1) is 0 Å². The fourth-order valence-electron chi connectivity index (χ4n) is 3.44. The normalized spacial score (nSPS) is 15.8. The third-order valence-electron chi connectivity index (χ3n) is 4.75. The SMILES string of the molecule is Cn1nc(C2CCOCC2)c2c(=O)c(O)c(-c3ccccc3Cl)[nH]c21. The van der Waals surface area contributed by atoms with Gasteiger partial charge in [-0.25, -0.2) is 0 Å². The first-order valence-electron chi connectivity index (χ1n) is 8.22. The number of pyridine rings is 1. The molecule has 1 fully saturated rings. The molecular weight excluding hydrogens is 342 g/mol. The number of nitrogens with zero attached hydrogens (tertiary/aromatic N) is 2. The molecule has 0 radical (unpaired) electrons. The van der Waals surface area contributed by atoms with Crippen LogP contribution in [-0.2, 0) is 11.8 Å². The number of hydrogen-bond donors (Lipinski definition) is 2. The van der Waals surface area contributed by atoms with E-state index in [0.717, 1.165) is 18.5 Å². The van der Waals surface area contributed by atoms with Gasteiger partial charge in [-0.05, 0) is 18.9 Å². The predicted molar refractivity (Wildman–Crippen MR) is 96.2 cm³/mol. The molecule has 25 heavy (non-hydrogen) atoms. The van der Waals surface area contributed by atoms with Crippen LogP contribution in [0.2, 0.25) is 5.02 Å². The first-order chi connectivity index (χ1) is 12.1. The minimum absolute atomic E-state index is 0.157. The molecule has 3 aromatic rings. The number of halogens is 1. The van der Waals surface area contributed by atoms with Gasteiger partial charge in [0.15, 0.2) is 5.75 Å². The number of aromatic nitrogens is 3. The molecule has 0 amide bonds. The highest BCUT2D eigenvalue weighted by Crippen LogP contribution is 2.35. The minimum Gasteiger partial charge on any atom is -0.503 e. The highest BCUT2D eigenvalue weighted by molar-refractivity contribution is 6.33. The summed E-state index contributed by atoms with van der Waals surface area (Å²) in [6.45, 7) is 1.31. The van der Waals surface area contributed by atoms with Crippen LogP contribution >= 0.6 is 11.6 Å². The summed E-state index contributed by atoms with van der Waals surface area (Å²) >= 11 is 6.23. The van der Waals surface area contributed by atoms with Crippen molar-refractivity contribution in [3.05, 3.63) is 45.2 Å². The second-order valence-corrected chi connectivity index (χ2v) is 6.68. The van der Waals surface area contributed by atoms with E-state index in [1.165, 1.54) is 0 Å². The third-order valence-corrected chi connectivity index (χ3v) is 5.08. The van der Waals surface area contributed by atoms with Gasteiger partial charge in [0, 0.05) is 31.7 Å². The predicted octanol–water partition coefficient (Wildman–Crippen LogP) is 3.18. The van der Waals surface area contributed by atoms with Crippen LogP contribution in [0.5, 0.6) is 5.75 Å².